The van der Waals surface area contributed by atoms with E-state index in [0.29, 0.717) is 0 Å². The molecule has 102 valence electrons. The fourth-order valence-electron chi connectivity index (χ4n) is 2.87. The molecule has 1 N–H and O–H groups in total. The Morgan fingerprint density at radius 2 is 2.05 bits per heavy atom. The number of hydrogen-bond acceptors (Lipinski definition) is 4. The molecule has 0 bridgehead atoms. The number of fused-ring (bicyclic) bond motifs is 1. The van der Waals surface area contributed by atoms with Gasteiger partial charge in [0.25, 0.3) is 0 Å². The van der Waals surface area contributed by atoms with Crippen molar-refractivity contribution < 1.29 is 0 Å². The van der Waals surface area contributed by atoms with E-state index in [-0.39, 0.29) is 0 Å². The second-order valence-electron chi connectivity index (χ2n) is 5.83. The van der Waals surface area contributed by atoms with Crippen molar-refractivity contribution in [3.8, 4) is 0 Å². The largest absolute Gasteiger partial charge is 0.369 e. The molecule has 0 amide bonds. The van der Waals surface area contributed by atoms with Crippen molar-refractivity contribution in [3.63, 3.8) is 0 Å². The maximum Gasteiger partial charge on any atom is 0.147 e. The van der Waals surface area contributed by atoms with Gasteiger partial charge in [0.15, 0.2) is 0 Å². The second kappa shape index (κ2) is 5.45. The van der Waals surface area contributed by atoms with Crippen molar-refractivity contribution in [2.45, 2.75) is 39.5 Å². The topological polar surface area (TPSA) is 37.8 Å². The van der Waals surface area contributed by atoms with E-state index in [1.54, 1.807) is 17.7 Å². The molecule has 0 aromatic carbocycles. The Hall–Kier alpha value is -1.16. The summed E-state index contributed by atoms with van der Waals surface area (Å²) in [5.74, 6) is 2.74. The Morgan fingerprint density at radius 1 is 1.26 bits per heavy atom. The highest BCUT2D eigenvalue weighted by atomic mass is 32.1. The molecule has 0 aliphatic heterocycles. The zero-order valence-electron chi connectivity index (χ0n) is 11.6. The van der Waals surface area contributed by atoms with Gasteiger partial charge in [-0.15, -0.1) is 11.3 Å². The van der Waals surface area contributed by atoms with Gasteiger partial charge in [-0.1, -0.05) is 19.8 Å². The van der Waals surface area contributed by atoms with Crippen molar-refractivity contribution in [1.29, 1.82) is 0 Å². The van der Waals surface area contributed by atoms with Crippen LogP contribution in [-0.4, -0.2) is 16.5 Å². The maximum atomic E-state index is 4.41. The lowest BCUT2D eigenvalue weighted by molar-refractivity contribution is 0.300. The molecular weight excluding hydrogens is 254 g/mol. The molecule has 0 unspecified atom stereocenters. The lowest BCUT2D eigenvalue weighted by atomic mass is 9.83. The lowest BCUT2D eigenvalue weighted by Crippen LogP contribution is -2.20. The molecule has 0 atom stereocenters. The number of aryl methyl sites for hydroxylation is 1. The molecule has 0 saturated heterocycles. The van der Waals surface area contributed by atoms with Crippen molar-refractivity contribution >= 4 is 27.4 Å². The van der Waals surface area contributed by atoms with Crippen LogP contribution in [-0.2, 0) is 0 Å². The van der Waals surface area contributed by atoms with E-state index >= 15 is 0 Å². The minimum atomic E-state index is 0.808. The maximum absolute atomic E-state index is 4.41. The summed E-state index contributed by atoms with van der Waals surface area (Å²) in [6.07, 6.45) is 7.14. The molecule has 2 aromatic heterocycles. The smallest absolute Gasteiger partial charge is 0.147 e. The molecule has 2 aromatic rings. The van der Waals surface area contributed by atoms with Crippen LogP contribution in [0, 0.1) is 18.8 Å². The van der Waals surface area contributed by atoms with Gasteiger partial charge in [0.1, 0.15) is 12.1 Å². The zero-order valence-corrected chi connectivity index (χ0v) is 12.5. The molecular formula is C15H21N3S. The first kappa shape index (κ1) is 12.9. The first-order chi connectivity index (χ1) is 9.24. The number of rotatable bonds is 3. The zero-order chi connectivity index (χ0) is 13.2. The molecule has 0 radical (unpaired) electrons. The van der Waals surface area contributed by atoms with Gasteiger partial charge in [0.05, 0.1) is 10.2 Å². The van der Waals surface area contributed by atoms with E-state index in [1.165, 1.54) is 35.9 Å². The van der Waals surface area contributed by atoms with Crippen LogP contribution < -0.4 is 5.32 Å². The number of thiophene rings is 1. The minimum absolute atomic E-state index is 0.808. The third-order valence-electron chi connectivity index (χ3n) is 4.22. The highest BCUT2D eigenvalue weighted by Gasteiger charge is 2.18. The molecule has 2 heterocycles. The van der Waals surface area contributed by atoms with Gasteiger partial charge in [-0.25, -0.2) is 9.97 Å². The van der Waals surface area contributed by atoms with Crippen LogP contribution in [0.2, 0.25) is 0 Å². The predicted molar refractivity (Wildman–Crippen MR) is 81.8 cm³/mol. The molecule has 1 aliphatic carbocycles. The number of nitrogens with zero attached hydrogens (tertiary/aromatic N) is 2. The predicted octanol–water partition coefficient (Wildman–Crippen LogP) is 4.24. The molecule has 1 fully saturated rings. The number of nitrogens with one attached hydrogen (secondary N) is 1. The minimum Gasteiger partial charge on any atom is -0.369 e. The average molecular weight is 275 g/mol. The van der Waals surface area contributed by atoms with E-state index in [1.807, 2.05) is 0 Å². The molecule has 1 saturated carbocycles. The number of aromatic nitrogens is 2. The first-order valence-corrected chi connectivity index (χ1v) is 8.04. The molecule has 3 nitrogen and oxygen atoms in total. The Kier molecular flexibility index (Phi) is 3.69. The van der Waals surface area contributed by atoms with Crippen LogP contribution >= 0.6 is 11.3 Å². The summed E-state index contributed by atoms with van der Waals surface area (Å²) in [6, 6.07) is 0. The van der Waals surface area contributed by atoms with Gasteiger partial charge in [-0.05, 0) is 42.5 Å². The Balaban J connectivity index is 1.68. The summed E-state index contributed by atoms with van der Waals surface area (Å²) in [6.45, 7) is 5.53. The summed E-state index contributed by atoms with van der Waals surface area (Å²) < 4.78 is 1.20. The van der Waals surface area contributed by atoms with Crippen molar-refractivity contribution in [2.75, 3.05) is 11.9 Å². The summed E-state index contributed by atoms with van der Waals surface area (Å²) in [4.78, 5) is 8.77. The van der Waals surface area contributed by atoms with E-state index in [0.717, 1.165) is 29.7 Å². The van der Waals surface area contributed by atoms with Crippen molar-refractivity contribution in [3.05, 3.63) is 17.3 Å². The van der Waals surface area contributed by atoms with Gasteiger partial charge in [0.2, 0.25) is 0 Å². The van der Waals surface area contributed by atoms with Crippen LogP contribution in [0.5, 0.6) is 0 Å². The third-order valence-corrected chi connectivity index (χ3v) is 5.32. The summed E-state index contributed by atoms with van der Waals surface area (Å²) in [5.41, 5.74) is 2.34. The monoisotopic (exact) mass is 275 g/mol. The molecule has 19 heavy (non-hydrogen) atoms. The Bertz CT molecular complexity index is 556. The molecule has 0 spiro atoms. The van der Waals surface area contributed by atoms with E-state index in [2.05, 4.69) is 34.5 Å². The van der Waals surface area contributed by atoms with Gasteiger partial charge >= 0.3 is 0 Å². The van der Waals surface area contributed by atoms with E-state index in [4.69, 9.17) is 0 Å². The SMILES string of the molecule is Cc1csc2c(NCC3CCC(C)CC3)ncnc12. The van der Waals surface area contributed by atoms with Gasteiger partial charge < -0.3 is 5.32 Å². The first-order valence-electron chi connectivity index (χ1n) is 7.16. The van der Waals surface area contributed by atoms with E-state index in [9.17, 15) is 0 Å². The fraction of sp³-hybridized carbons (Fsp3) is 0.600. The Morgan fingerprint density at radius 3 is 2.84 bits per heavy atom. The van der Waals surface area contributed by atoms with Gasteiger partial charge in [-0.2, -0.15) is 0 Å². The lowest BCUT2D eigenvalue weighted by Gasteiger charge is -2.26. The van der Waals surface area contributed by atoms with Crippen LogP contribution in [0.25, 0.3) is 10.2 Å². The average Bonchev–Trinajstić information content (AvgIpc) is 2.81. The standard InChI is InChI=1S/C15H21N3S/c1-10-3-5-12(6-4-10)7-16-15-14-13(17-9-18-15)11(2)8-19-14/h8-10,12H,3-7H2,1-2H3,(H,16,17,18). The Labute approximate surface area is 118 Å². The normalized spacial score (nSPS) is 23.7. The highest BCUT2D eigenvalue weighted by molar-refractivity contribution is 7.18. The second-order valence-corrected chi connectivity index (χ2v) is 6.71. The van der Waals surface area contributed by atoms with Crippen LogP contribution in [0.1, 0.15) is 38.2 Å². The van der Waals surface area contributed by atoms with E-state index < -0.39 is 0 Å². The fourth-order valence-corrected chi connectivity index (χ4v) is 3.84. The summed E-state index contributed by atoms with van der Waals surface area (Å²) >= 11 is 1.74. The van der Waals surface area contributed by atoms with Gasteiger partial charge in [0, 0.05) is 6.54 Å². The van der Waals surface area contributed by atoms with Crippen molar-refractivity contribution in [1.82, 2.24) is 9.97 Å². The van der Waals surface area contributed by atoms with Crippen molar-refractivity contribution in [2.24, 2.45) is 11.8 Å². The molecule has 4 heteroatoms. The highest BCUT2D eigenvalue weighted by Crippen LogP contribution is 2.31. The molecule has 3 rings (SSSR count). The summed E-state index contributed by atoms with van der Waals surface area (Å²) in [5, 5.41) is 5.70. The van der Waals surface area contributed by atoms with Crippen LogP contribution in [0.15, 0.2) is 11.7 Å². The van der Waals surface area contributed by atoms with Gasteiger partial charge in [-0.3, -0.25) is 0 Å². The molecule has 1 aliphatic rings. The van der Waals surface area contributed by atoms with Crippen LogP contribution in [0.3, 0.4) is 0 Å². The number of hydrogen-bond donors (Lipinski definition) is 1. The summed E-state index contributed by atoms with van der Waals surface area (Å²) in [7, 11) is 0. The number of anilines is 1. The quantitative estimate of drug-likeness (QED) is 0.910. The van der Waals surface area contributed by atoms with Crippen LogP contribution in [0.4, 0.5) is 5.82 Å². The third kappa shape index (κ3) is 2.73.